The molecule has 2 aliphatic rings. The normalized spacial score (nSPS) is 17.5. The Labute approximate surface area is 200 Å². The van der Waals surface area contributed by atoms with E-state index in [-0.39, 0.29) is 17.5 Å². The Hall–Kier alpha value is -4.39. The monoisotopic (exact) mass is 471 g/mol. The lowest BCUT2D eigenvalue weighted by Crippen LogP contribution is -2.37. The molecule has 0 saturated carbocycles. The molecule has 3 aromatic heterocycles. The van der Waals surface area contributed by atoms with E-state index in [1.54, 1.807) is 11.0 Å². The van der Waals surface area contributed by atoms with Crippen molar-refractivity contribution in [3.8, 4) is 11.8 Å². The number of hydrogen-bond acceptors (Lipinski definition) is 7. The summed E-state index contributed by atoms with van der Waals surface area (Å²) in [6.07, 6.45) is 6.43. The fourth-order valence-corrected chi connectivity index (χ4v) is 4.59. The topological polar surface area (TPSA) is 106 Å². The number of halogens is 1. The first-order chi connectivity index (χ1) is 17.0. The van der Waals surface area contributed by atoms with Crippen LogP contribution in [0.3, 0.4) is 0 Å². The molecule has 2 fully saturated rings. The second kappa shape index (κ2) is 8.13. The van der Waals surface area contributed by atoms with Gasteiger partial charge in [-0.25, -0.2) is 14.4 Å². The van der Waals surface area contributed by atoms with Crippen molar-refractivity contribution in [2.75, 3.05) is 36.8 Å². The summed E-state index contributed by atoms with van der Waals surface area (Å²) in [7, 11) is 0. The van der Waals surface area contributed by atoms with Gasteiger partial charge in [0.05, 0.1) is 22.6 Å². The number of carbonyl (C=O) groups is 1. The molecule has 35 heavy (non-hydrogen) atoms. The molecule has 0 radical (unpaired) electrons. The van der Waals surface area contributed by atoms with Crippen LogP contribution in [0.25, 0.3) is 22.1 Å². The van der Waals surface area contributed by atoms with Gasteiger partial charge < -0.3 is 24.5 Å². The van der Waals surface area contributed by atoms with Crippen LogP contribution in [-0.4, -0.2) is 56.5 Å². The van der Waals surface area contributed by atoms with Gasteiger partial charge in [-0.3, -0.25) is 4.79 Å². The minimum Gasteiger partial charge on any atom is -0.423 e. The number of nitrogens with zero attached hydrogens (tertiary/aromatic N) is 6. The predicted octanol–water partition coefficient (Wildman–Crippen LogP) is 2.86. The van der Waals surface area contributed by atoms with Crippen LogP contribution in [0.2, 0.25) is 0 Å². The quantitative estimate of drug-likeness (QED) is 0.362. The number of amides is 1. The molecule has 1 amide bonds. The van der Waals surface area contributed by atoms with Crippen molar-refractivity contribution in [3.05, 3.63) is 54.3 Å². The smallest absolute Gasteiger partial charge is 0.298 e. The molecule has 9 nitrogen and oxygen atoms in total. The third-order valence-electron chi connectivity index (χ3n) is 6.61. The highest BCUT2D eigenvalue weighted by atomic mass is 19.1. The molecule has 0 unspecified atom stereocenters. The molecule has 1 aromatic carbocycles. The molecular weight excluding hydrogens is 449 g/mol. The van der Waals surface area contributed by atoms with E-state index in [2.05, 4.69) is 33.4 Å². The van der Waals surface area contributed by atoms with Gasteiger partial charge in [-0.05, 0) is 25.0 Å². The standard InChI is InChI=1S/C25H22FN7O2/c1-2-21(34)32-9-6-17(13-32)33-12-16(22-23(27)28-14-29-24(22)33)5-4-15-10-19-20(11-18(15)26)35-25(30-19)31-7-3-8-31/h2,10-12,14,17H,1,3,6-9,13H2,(H2,27,28,29)/t17-/m0/s1. The SMILES string of the molecule is C=CC(=O)N1CC[C@H](n2cc(C#Cc3cc4nc(N5CCC5)oc4cc3F)c3c(N)ncnc32)C1. The Balaban J connectivity index is 1.38. The third kappa shape index (κ3) is 3.56. The molecule has 2 saturated heterocycles. The Kier molecular flexibility index (Phi) is 4.91. The molecule has 176 valence electrons. The largest absolute Gasteiger partial charge is 0.423 e. The Bertz CT molecular complexity index is 1560. The summed E-state index contributed by atoms with van der Waals surface area (Å²) >= 11 is 0. The molecule has 10 heteroatoms. The van der Waals surface area contributed by atoms with Gasteiger partial charge >= 0.3 is 0 Å². The Morgan fingerprint density at radius 3 is 2.83 bits per heavy atom. The van der Waals surface area contributed by atoms with Crippen LogP contribution in [-0.2, 0) is 4.79 Å². The number of carbonyl (C=O) groups excluding carboxylic acids is 1. The second-order valence-corrected chi connectivity index (χ2v) is 8.73. The molecule has 0 bridgehead atoms. The average Bonchev–Trinajstić information content (AvgIpc) is 3.53. The van der Waals surface area contributed by atoms with Crippen LogP contribution in [0.5, 0.6) is 0 Å². The number of likely N-dealkylation sites (tertiary alicyclic amines) is 1. The number of nitrogens with two attached hydrogens (primary N) is 1. The van der Waals surface area contributed by atoms with Crippen molar-refractivity contribution < 1.29 is 13.6 Å². The van der Waals surface area contributed by atoms with Gasteiger partial charge in [-0.1, -0.05) is 18.4 Å². The van der Waals surface area contributed by atoms with Crippen LogP contribution >= 0.6 is 0 Å². The van der Waals surface area contributed by atoms with E-state index >= 15 is 0 Å². The van der Waals surface area contributed by atoms with Crippen LogP contribution in [0.15, 0.2) is 41.7 Å². The summed E-state index contributed by atoms with van der Waals surface area (Å²) in [5, 5.41) is 0.608. The zero-order valence-electron chi connectivity index (χ0n) is 18.9. The number of rotatable bonds is 3. The van der Waals surface area contributed by atoms with Crippen LogP contribution in [0.1, 0.15) is 30.0 Å². The first-order valence-electron chi connectivity index (χ1n) is 11.4. The molecular formula is C25H22FN7O2. The highest BCUT2D eigenvalue weighted by molar-refractivity contribution is 5.92. The fourth-order valence-electron chi connectivity index (χ4n) is 4.59. The van der Waals surface area contributed by atoms with Gasteiger partial charge in [0, 0.05) is 38.4 Å². The lowest BCUT2D eigenvalue weighted by atomic mass is 10.1. The molecule has 0 spiro atoms. The van der Waals surface area contributed by atoms with Crippen LogP contribution in [0.4, 0.5) is 16.2 Å². The predicted molar refractivity (Wildman–Crippen MR) is 129 cm³/mol. The van der Waals surface area contributed by atoms with E-state index in [1.807, 2.05) is 15.7 Å². The Morgan fingerprint density at radius 1 is 1.23 bits per heavy atom. The van der Waals surface area contributed by atoms with Crippen molar-refractivity contribution in [1.29, 1.82) is 0 Å². The third-order valence-corrected chi connectivity index (χ3v) is 6.61. The fraction of sp³-hybridized carbons (Fsp3) is 0.280. The number of aromatic nitrogens is 4. The zero-order chi connectivity index (χ0) is 24.1. The van der Waals surface area contributed by atoms with E-state index in [0.717, 1.165) is 25.9 Å². The summed E-state index contributed by atoms with van der Waals surface area (Å²) in [5.74, 6) is 5.68. The van der Waals surface area contributed by atoms with E-state index in [1.165, 1.54) is 18.5 Å². The van der Waals surface area contributed by atoms with Gasteiger partial charge in [-0.2, -0.15) is 4.98 Å². The molecule has 2 N–H and O–H groups in total. The maximum Gasteiger partial charge on any atom is 0.298 e. The second-order valence-electron chi connectivity index (χ2n) is 8.73. The van der Waals surface area contributed by atoms with E-state index < -0.39 is 5.82 Å². The summed E-state index contributed by atoms with van der Waals surface area (Å²) in [5.41, 5.74) is 8.56. The van der Waals surface area contributed by atoms with Gasteiger partial charge in [-0.15, -0.1) is 0 Å². The lowest BCUT2D eigenvalue weighted by Gasteiger charge is -2.28. The summed E-state index contributed by atoms with van der Waals surface area (Å²) in [6.45, 7) is 6.49. The highest BCUT2D eigenvalue weighted by Crippen LogP contribution is 2.31. The van der Waals surface area contributed by atoms with Crippen molar-refractivity contribution >= 4 is 39.9 Å². The number of oxazole rings is 1. The summed E-state index contributed by atoms with van der Waals surface area (Å²) < 4.78 is 22.5. The number of anilines is 2. The van der Waals surface area contributed by atoms with Crippen molar-refractivity contribution in [3.63, 3.8) is 0 Å². The lowest BCUT2D eigenvalue weighted by molar-refractivity contribution is -0.125. The molecule has 1 atom stereocenters. The van der Waals surface area contributed by atoms with Gasteiger partial charge in [0.25, 0.3) is 6.01 Å². The number of nitrogen functional groups attached to an aromatic ring is 1. The van der Waals surface area contributed by atoms with Crippen molar-refractivity contribution in [1.82, 2.24) is 24.4 Å². The first-order valence-corrected chi connectivity index (χ1v) is 11.4. The number of fused-ring (bicyclic) bond motifs is 2. The average molecular weight is 471 g/mol. The van der Waals surface area contributed by atoms with E-state index in [4.69, 9.17) is 10.2 Å². The number of hydrogen-bond donors (Lipinski definition) is 1. The van der Waals surface area contributed by atoms with Gasteiger partial charge in [0.15, 0.2) is 5.58 Å². The minimum atomic E-state index is -0.487. The van der Waals surface area contributed by atoms with E-state index in [9.17, 15) is 9.18 Å². The summed E-state index contributed by atoms with van der Waals surface area (Å²) in [6, 6.07) is 3.43. The summed E-state index contributed by atoms with van der Waals surface area (Å²) in [4.78, 5) is 28.8. The molecule has 2 aliphatic heterocycles. The van der Waals surface area contributed by atoms with E-state index in [0.29, 0.717) is 52.6 Å². The zero-order valence-corrected chi connectivity index (χ0v) is 18.9. The van der Waals surface area contributed by atoms with Gasteiger partial charge in [0.1, 0.15) is 29.1 Å². The van der Waals surface area contributed by atoms with Crippen LogP contribution < -0.4 is 10.6 Å². The maximum absolute atomic E-state index is 14.8. The van der Waals surface area contributed by atoms with Crippen LogP contribution in [0, 0.1) is 17.7 Å². The minimum absolute atomic E-state index is 0.00870. The highest BCUT2D eigenvalue weighted by Gasteiger charge is 2.28. The van der Waals surface area contributed by atoms with Gasteiger partial charge in [0.2, 0.25) is 5.91 Å². The molecule has 0 aliphatic carbocycles. The first kappa shape index (κ1) is 21.2. The van der Waals surface area contributed by atoms with Crippen molar-refractivity contribution in [2.45, 2.75) is 18.9 Å². The molecule has 5 heterocycles. The molecule has 6 rings (SSSR count). The maximum atomic E-state index is 14.8. The number of benzene rings is 1. The Morgan fingerprint density at radius 2 is 2.06 bits per heavy atom. The molecule has 4 aromatic rings. The van der Waals surface area contributed by atoms with Crippen molar-refractivity contribution in [2.24, 2.45) is 0 Å².